The molecule has 0 amide bonds. The molecule has 0 aliphatic carbocycles. The quantitative estimate of drug-likeness (QED) is 0.0261. The normalized spacial score (nSPS) is 13.4. The van der Waals surface area contributed by atoms with Crippen molar-refractivity contribution < 1.29 is 28.6 Å². The summed E-state index contributed by atoms with van der Waals surface area (Å²) in [5, 5.41) is 0. The summed E-state index contributed by atoms with van der Waals surface area (Å²) in [4.78, 5) is 38.3. The Balaban J connectivity index is 4.60. The van der Waals surface area contributed by atoms with Crippen LogP contribution in [0, 0.1) is 0 Å². The zero-order valence-corrected chi connectivity index (χ0v) is 48.9. The van der Waals surface area contributed by atoms with Crippen molar-refractivity contribution in [2.24, 2.45) is 0 Å². The van der Waals surface area contributed by atoms with Crippen molar-refractivity contribution in [3.8, 4) is 0 Å². The number of hydrogen-bond acceptors (Lipinski definition) is 6. The summed E-state index contributed by atoms with van der Waals surface area (Å²) < 4.78 is 16.8. The van der Waals surface area contributed by atoms with Crippen molar-refractivity contribution in [1.82, 2.24) is 0 Å². The van der Waals surface area contributed by atoms with Gasteiger partial charge in [-0.3, -0.25) is 14.4 Å². The molecule has 0 aliphatic heterocycles. The lowest BCUT2D eigenvalue weighted by Crippen LogP contribution is -2.30. The third-order valence-electron chi connectivity index (χ3n) is 11.9. The van der Waals surface area contributed by atoms with Crippen molar-refractivity contribution >= 4 is 17.9 Å². The molecule has 0 aromatic carbocycles. The minimum atomic E-state index is -0.836. The van der Waals surface area contributed by atoms with E-state index in [1.165, 1.54) is 25.7 Å². The number of unbranched alkanes of at least 4 members (excludes halogenated alkanes) is 11. The molecule has 428 valence electrons. The van der Waals surface area contributed by atoms with Crippen LogP contribution in [-0.4, -0.2) is 37.2 Å². The van der Waals surface area contributed by atoms with Crippen LogP contribution < -0.4 is 0 Å². The molecule has 77 heavy (non-hydrogen) atoms. The lowest BCUT2D eigenvalue weighted by molar-refractivity contribution is -0.167. The lowest BCUT2D eigenvalue weighted by atomic mass is 10.1. The topological polar surface area (TPSA) is 78.9 Å². The van der Waals surface area contributed by atoms with Gasteiger partial charge in [0.05, 0.1) is 0 Å². The first kappa shape index (κ1) is 71.5. The van der Waals surface area contributed by atoms with Crippen LogP contribution >= 0.6 is 0 Å². The molecule has 1 atom stereocenters. The fraction of sp³-hybridized carbons (Fsp3) is 0.535. The van der Waals surface area contributed by atoms with Gasteiger partial charge in [0.15, 0.2) is 6.10 Å². The standard InChI is InChI=1S/C71H108O6/c1-4-7-10-13-16-19-22-25-28-31-33-34-35-36-38-40-43-46-49-52-55-58-61-64-70(73)76-67-68(66-75-69(72)63-60-57-54-51-48-45-42-39-30-27-24-21-18-15-12-9-6-3)77-71(74)65-62-59-56-53-50-47-44-41-37-32-29-26-23-20-17-14-11-8-5-2/h7-12,16-21,25-30,33-34,36-38,41,43,46-47,50,52,55,68H,4-6,13-15,22-24,31-32,35,39-40,42,44-45,48-49,51,53-54,56-67H2,1-3H3/b10-7-,11-8-,12-9-,19-16-,20-17-,21-18-,28-25-,29-26-,30-27-,34-33-,38-36-,41-37-,46-43-,50-47-,55-52-. The molecule has 0 aromatic heterocycles. The second kappa shape index (κ2) is 63.0. The highest BCUT2D eigenvalue weighted by molar-refractivity contribution is 5.71. The molecule has 0 spiro atoms. The molecule has 0 bridgehead atoms. The Bertz CT molecular complexity index is 1840. The predicted octanol–water partition coefficient (Wildman–Crippen LogP) is 20.9. The fourth-order valence-corrected chi connectivity index (χ4v) is 7.47. The first-order valence-corrected chi connectivity index (χ1v) is 30.3. The number of carbonyl (C=O) groups excluding carboxylic acids is 3. The van der Waals surface area contributed by atoms with E-state index in [1.807, 2.05) is 0 Å². The molecule has 1 unspecified atom stereocenters. The number of allylic oxidation sites excluding steroid dienone is 30. The van der Waals surface area contributed by atoms with E-state index in [0.717, 1.165) is 148 Å². The molecule has 0 heterocycles. The van der Waals surface area contributed by atoms with E-state index < -0.39 is 6.10 Å². The Labute approximate surface area is 472 Å². The van der Waals surface area contributed by atoms with E-state index in [-0.39, 0.29) is 44.0 Å². The number of carbonyl (C=O) groups is 3. The van der Waals surface area contributed by atoms with Gasteiger partial charge in [-0.1, -0.05) is 242 Å². The number of esters is 3. The zero-order chi connectivity index (χ0) is 55.7. The monoisotopic (exact) mass is 1060 g/mol. The van der Waals surface area contributed by atoms with Crippen LogP contribution in [0.1, 0.15) is 226 Å². The third-order valence-corrected chi connectivity index (χ3v) is 11.9. The van der Waals surface area contributed by atoms with Gasteiger partial charge in [0.1, 0.15) is 13.2 Å². The maximum atomic E-state index is 12.9. The minimum absolute atomic E-state index is 0.125. The van der Waals surface area contributed by atoms with Gasteiger partial charge in [-0.25, -0.2) is 0 Å². The van der Waals surface area contributed by atoms with E-state index in [2.05, 4.69) is 203 Å². The van der Waals surface area contributed by atoms with Crippen molar-refractivity contribution in [3.63, 3.8) is 0 Å². The van der Waals surface area contributed by atoms with Crippen molar-refractivity contribution in [1.29, 1.82) is 0 Å². The molecule has 0 saturated carbocycles. The zero-order valence-electron chi connectivity index (χ0n) is 48.9. The molecule has 0 fully saturated rings. The smallest absolute Gasteiger partial charge is 0.306 e. The highest BCUT2D eigenvalue weighted by Gasteiger charge is 2.19. The van der Waals surface area contributed by atoms with Crippen molar-refractivity contribution in [2.75, 3.05) is 13.2 Å². The van der Waals surface area contributed by atoms with Crippen LogP contribution in [-0.2, 0) is 28.6 Å². The van der Waals surface area contributed by atoms with Gasteiger partial charge in [0, 0.05) is 19.3 Å². The summed E-state index contributed by atoms with van der Waals surface area (Å²) in [5.74, 6) is -1.04. The predicted molar refractivity (Wildman–Crippen MR) is 334 cm³/mol. The molecular weight excluding hydrogens is 949 g/mol. The van der Waals surface area contributed by atoms with Crippen LogP contribution in [0.25, 0.3) is 0 Å². The van der Waals surface area contributed by atoms with E-state index >= 15 is 0 Å². The Kier molecular flexibility index (Phi) is 58.6. The Morgan fingerprint density at radius 2 is 0.481 bits per heavy atom. The SMILES string of the molecule is CC/C=C\C/C=C\C/C=C\C/C=C\C/C=C\C/C=C\C/C=C\CCCC(=O)OCC(COC(=O)CCCCCCCCC/C=C\C/C=C\C/C=C\CC)OC(=O)CCCCC/C=C\C/C=C\C/C=C\C/C=C\C/C=C\CC. The molecule has 0 N–H and O–H groups in total. The van der Waals surface area contributed by atoms with Crippen LogP contribution in [0.2, 0.25) is 0 Å². The minimum Gasteiger partial charge on any atom is -0.462 e. The average molecular weight is 1060 g/mol. The molecule has 0 saturated heterocycles. The van der Waals surface area contributed by atoms with Gasteiger partial charge in [-0.15, -0.1) is 0 Å². The van der Waals surface area contributed by atoms with E-state index in [0.29, 0.717) is 19.3 Å². The summed E-state index contributed by atoms with van der Waals surface area (Å²) >= 11 is 0. The van der Waals surface area contributed by atoms with E-state index in [1.54, 1.807) is 0 Å². The van der Waals surface area contributed by atoms with E-state index in [9.17, 15) is 14.4 Å². The fourth-order valence-electron chi connectivity index (χ4n) is 7.47. The van der Waals surface area contributed by atoms with Gasteiger partial charge in [-0.2, -0.15) is 0 Å². The van der Waals surface area contributed by atoms with Crippen molar-refractivity contribution in [3.05, 3.63) is 182 Å². The Morgan fingerprint density at radius 1 is 0.260 bits per heavy atom. The maximum absolute atomic E-state index is 12.9. The van der Waals surface area contributed by atoms with Gasteiger partial charge in [-0.05, 0) is 148 Å². The summed E-state index contributed by atoms with van der Waals surface area (Å²) in [6.07, 6.45) is 94.6. The maximum Gasteiger partial charge on any atom is 0.306 e. The van der Waals surface area contributed by atoms with Gasteiger partial charge in [0.25, 0.3) is 0 Å². The van der Waals surface area contributed by atoms with Crippen LogP contribution in [0.4, 0.5) is 0 Å². The first-order valence-electron chi connectivity index (χ1n) is 30.3. The molecule has 0 aliphatic rings. The van der Waals surface area contributed by atoms with Crippen LogP contribution in [0.15, 0.2) is 182 Å². The summed E-state index contributed by atoms with van der Waals surface area (Å²) in [5.41, 5.74) is 0. The molecule has 0 aromatic rings. The highest BCUT2D eigenvalue weighted by Crippen LogP contribution is 2.13. The van der Waals surface area contributed by atoms with Crippen LogP contribution in [0.5, 0.6) is 0 Å². The van der Waals surface area contributed by atoms with Crippen molar-refractivity contribution in [2.45, 2.75) is 232 Å². The number of ether oxygens (including phenoxy) is 3. The first-order chi connectivity index (χ1) is 38.0. The summed E-state index contributed by atoms with van der Waals surface area (Å²) in [6.45, 7) is 6.20. The van der Waals surface area contributed by atoms with E-state index in [4.69, 9.17) is 14.2 Å². The molecule has 6 nitrogen and oxygen atoms in total. The van der Waals surface area contributed by atoms with Gasteiger partial charge in [0.2, 0.25) is 0 Å². The highest BCUT2D eigenvalue weighted by atomic mass is 16.6. The molecular formula is C71H108O6. The number of hydrogen-bond donors (Lipinski definition) is 0. The molecule has 0 radical (unpaired) electrons. The third kappa shape index (κ3) is 61.2. The van der Waals surface area contributed by atoms with Gasteiger partial charge >= 0.3 is 17.9 Å². The number of rotatable bonds is 52. The molecule has 6 heteroatoms. The van der Waals surface area contributed by atoms with Crippen LogP contribution in [0.3, 0.4) is 0 Å². The Morgan fingerprint density at radius 3 is 0.792 bits per heavy atom. The second-order valence-electron chi connectivity index (χ2n) is 19.1. The Hall–Kier alpha value is -5.49. The lowest BCUT2D eigenvalue weighted by Gasteiger charge is -2.18. The van der Waals surface area contributed by atoms with Gasteiger partial charge < -0.3 is 14.2 Å². The summed E-state index contributed by atoms with van der Waals surface area (Å²) in [7, 11) is 0. The largest absolute Gasteiger partial charge is 0.462 e. The second-order valence-corrected chi connectivity index (χ2v) is 19.1. The molecule has 0 rings (SSSR count). The summed E-state index contributed by atoms with van der Waals surface area (Å²) in [6, 6.07) is 0. The average Bonchev–Trinajstić information content (AvgIpc) is 3.43.